The minimum absolute atomic E-state index is 0.276. The topological polar surface area (TPSA) is 71.7 Å². The molecule has 1 amide bonds. The van der Waals surface area contributed by atoms with Crippen molar-refractivity contribution in [2.45, 2.75) is 26.4 Å². The normalized spacial score (nSPS) is 12.4. The number of carbonyl (C=O) groups is 1. The van der Waals surface area contributed by atoms with Crippen molar-refractivity contribution < 1.29 is 19.1 Å². The minimum Gasteiger partial charge on any atom is -0.493 e. The number of nitrogens with one attached hydrogen (secondary N) is 1. The standard InChI is InChI=1S/C15H19NO4/c1-9(17)7-8-16-15(18)13-10(2)11-5-4-6-12(19-3)14(11)20-13/h4-6,9,17H,7-8H2,1-3H3,(H,16,18). The minimum atomic E-state index is -0.438. The van der Waals surface area contributed by atoms with Crippen LogP contribution in [0, 0.1) is 6.92 Å². The number of hydrogen-bond donors (Lipinski definition) is 2. The second-order valence-electron chi connectivity index (χ2n) is 4.79. The molecule has 1 atom stereocenters. The third-order valence-electron chi connectivity index (χ3n) is 3.20. The van der Waals surface area contributed by atoms with Crippen molar-refractivity contribution in [2.75, 3.05) is 13.7 Å². The Morgan fingerprint density at radius 2 is 2.25 bits per heavy atom. The van der Waals surface area contributed by atoms with Gasteiger partial charge < -0.3 is 19.6 Å². The first kappa shape index (κ1) is 14.4. The van der Waals surface area contributed by atoms with Gasteiger partial charge in [0, 0.05) is 17.5 Å². The molecular weight excluding hydrogens is 258 g/mol. The fourth-order valence-corrected chi connectivity index (χ4v) is 2.07. The van der Waals surface area contributed by atoms with Crippen LogP contribution in [0.2, 0.25) is 0 Å². The Morgan fingerprint density at radius 3 is 2.90 bits per heavy atom. The zero-order valence-electron chi connectivity index (χ0n) is 11.9. The Morgan fingerprint density at radius 1 is 1.50 bits per heavy atom. The summed E-state index contributed by atoms with van der Waals surface area (Å²) in [5.41, 5.74) is 1.36. The Bertz CT molecular complexity index is 616. The number of benzene rings is 1. The number of aryl methyl sites for hydroxylation is 1. The van der Waals surface area contributed by atoms with Gasteiger partial charge in [-0.2, -0.15) is 0 Å². The smallest absolute Gasteiger partial charge is 0.287 e. The van der Waals surface area contributed by atoms with Crippen molar-refractivity contribution in [1.29, 1.82) is 0 Å². The summed E-state index contributed by atoms with van der Waals surface area (Å²) in [6, 6.07) is 5.54. The summed E-state index contributed by atoms with van der Waals surface area (Å²) in [5, 5.41) is 12.8. The summed E-state index contributed by atoms with van der Waals surface area (Å²) in [4.78, 5) is 12.1. The number of para-hydroxylation sites is 1. The number of fused-ring (bicyclic) bond motifs is 1. The number of hydrogen-bond acceptors (Lipinski definition) is 4. The maximum Gasteiger partial charge on any atom is 0.287 e. The molecular formula is C15H19NO4. The van der Waals surface area contributed by atoms with Crippen molar-refractivity contribution >= 4 is 16.9 Å². The van der Waals surface area contributed by atoms with Crippen LogP contribution in [0.25, 0.3) is 11.0 Å². The Hall–Kier alpha value is -2.01. The summed E-state index contributed by atoms with van der Waals surface area (Å²) in [6.07, 6.45) is 0.0705. The summed E-state index contributed by atoms with van der Waals surface area (Å²) in [5.74, 6) is 0.616. The summed E-state index contributed by atoms with van der Waals surface area (Å²) < 4.78 is 10.9. The lowest BCUT2D eigenvalue weighted by Gasteiger charge is -2.05. The molecule has 0 aliphatic rings. The number of methoxy groups -OCH3 is 1. The first-order valence-corrected chi connectivity index (χ1v) is 6.57. The third kappa shape index (κ3) is 2.77. The van der Waals surface area contributed by atoms with Crippen molar-refractivity contribution in [3.8, 4) is 5.75 Å². The molecule has 1 aromatic heterocycles. The molecule has 1 aromatic carbocycles. The maximum absolute atomic E-state index is 12.1. The van der Waals surface area contributed by atoms with Gasteiger partial charge in [-0.05, 0) is 26.3 Å². The van der Waals surface area contributed by atoms with E-state index in [-0.39, 0.29) is 11.7 Å². The zero-order chi connectivity index (χ0) is 14.7. The van der Waals surface area contributed by atoms with Crippen molar-refractivity contribution in [3.05, 3.63) is 29.5 Å². The number of aliphatic hydroxyl groups is 1. The molecule has 1 heterocycles. The molecule has 5 nitrogen and oxygen atoms in total. The Kier molecular flexibility index (Phi) is 4.29. The van der Waals surface area contributed by atoms with Gasteiger partial charge in [0.15, 0.2) is 17.1 Å². The van der Waals surface area contributed by atoms with Gasteiger partial charge in [-0.3, -0.25) is 4.79 Å². The molecule has 0 saturated heterocycles. The van der Waals surface area contributed by atoms with Crippen LogP contribution in [0.4, 0.5) is 0 Å². The number of aliphatic hydroxyl groups excluding tert-OH is 1. The van der Waals surface area contributed by atoms with Crippen LogP contribution in [-0.4, -0.2) is 30.8 Å². The number of carbonyl (C=O) groups excluding carboxylic acids is 1. The van der Waals surface area contributed by atoms with Gasteiger partial charge in [0.1, 0.15) is 0 Å². The summed E-state index contributed by atoms with van der Waals surface area (Å²) in [6.45, 7) is 3.93. The van der Waals surface area contributed by atoms with Crippen LogP contribution in [0.1, 0.15) is 29.5 Å². The second-order valence-corrected chi connectivity index (χ2v) is 4.79. The molecule has 2 aromatic rings. The lowest BCUT2D eigenvalue weighted by Crippen LogP contribution is -2.26. The average molecular weight is 277 g/mol. The Balaban J connectivity index is 2.26. The van der Waals surface area contributed by atoms with Gasteiger partial charge >= 0.3 is 0 Å². The number of amides is 1. The molecule has 0 radical (unpaired) electrons. The predicted molar refractivity (Wildman–Crippen MR) is 76.1 cm³/mol. The van der Waals surface area contributed by atoms with E-state index in [0.717, 1.165) is 10.9 Å². The highest BCUT2D eigenvalue weighted by Crippen LogP contribution is 2.32. The maximum atomic E-state index is 12.1. The quantitative estimate of drug-likeness (QED) is 0.879. The monoisotopic (exact) mass is 277 g/mol. The van der Waals surface area contributed by atoms with E-state index in [0.29, 0.717) is 24.3 Å². The summed E-state index contributed by atoms with van der Waals surface area (Å²) >= 11 is 0. The highest BCUT2D eigenvalue weighted by atomic mass is 16.5. The lowest BCUT2D eigenvalue weighted by atomic mass is 10.1. The fraction of sp³-hybridized carbons (Fsp3) is 0.400. The molecule has 2 N–H and O–H groups in total. The number of ether oxygens (including phenoxy) is 1. The molecule has 1 unspecified atom stereocenters. The SMILES string of the molecule is COc1cccc2c(C)c(C(=O)NCCC(C)O)oc12. The fourth-order valence-electron chi connectivity index (χ4n) is 2.07. The summed E-state index contributed by atoms with van der Waals surface area (Å²) in [7, 11) is 1.56. The van der Waals surface area contributed by atoms with E-state index in [1.54, 1.807) is 20.1 Å². The number of furan rings is 1. The van der Waals surface area contributed by atoms with E-state index < -0.39 is 6.10 Å². The molecule has 0 saturated carbocycles. The van der Waals surface area contributed by atoms with Crippen LogP contribution >= 0.6 is 0 Å². The second kappa shape index (κ2) is 5.96. The molecule has 0 spiro atoms. The molecule has 2 rings (SSSR count). The van der Waals surface area contributed by atoms with Crippen LogP contribution in [0.15, 0.2) is 22.6 Å². The highest BCUT2D eigenvalue weighted by molar-refractivity contribution is 6.00. The molecule has 0 fully saturated rings. The highest BCUT2D eigenvalue weighted by Gasteiger charge is 2.19. The van der Waals surface area contributed by atoms with E-state index in [1.807, 2.05) is 19.1 Å². The molecule has 0 bridgehead atoms. The Labute approximate surface area is 117 Å². The van der Waals surface area contributed by atoms with Crippen molar-refractivity contribution in [1.82, 2.24) is 5.32 Å². The molecule has 0 aliphatic carbocycles. The predicted octanol–water partition coefficient (Wildman–Crippen LogP) is 2.25. The molecule has 20 heavy (non-hydrogen) atoms. The van der Waals surface area contributed by atoms with Gasteiger partial charge in [0.05, 0.1) is 13.2 Å². The first-order valence-electron chi connectivity index (χ1n) is 6.57. The van der Waals surface area contributed by atoms with Gasteiger partial charge in [0.25, 0.3) is 5.91 Å². The average Bonchev–Trinajstić information content (AvgIpc) is 2.76. The largest absolute Gasteiger partial charge is 0.493 e. The van der Waals surface area contributed by atoms with Crippen molar-refractivity contribution in [3.63, 3.8) is 0 Å². The van der Waals surface area contributed by atoms with E-state index >= 15 is 0 Å². The van der Waals surface area contributed by atoms with E-state index in [2.05, 4.69) is 5.32 Å². The van der Waals surface area contributed by atoms with Crippen LogP contribution in [0.3, 0.4) is 0 Å². The molecule has 0 aliphatic heterocycles. The van der Waals surface area contributed by atoms with Crippen LogP contribution in [0.5, 0.6) is 5.75 Å². The van der Waals surface area contributed by atoms with Crippen molar-refractivity contribution in [2.24, 2.45) is 0 Å². The van der Waals surface area contributed by atoms with Gasteiger partial charge in [-0.15, -0.1) is 0 Å². The van der Waals surface area contributed by atoms with Crippen LogP contribution < -0.4 is 10.1 Å². The van der Waals surface area contributed by atoms with E-state index in [4.69, 9.17) is 9.15 Å². The van der Waals surface area contributed by atoms with Gasteiger partial charge in [0.2, 0.25) is 0 Å². The third-order valence-corrected chi connectivity index (χ3v) is 3.20. The van der Waals surface area contributed by atoms with Gasteiger partial charge in [-0.25, -0.2) is 0 Å². The first-order chi connectivity index (χ1) is 9.54. The molecule has 5 heteroatoms. The van der Waals surface area contributed by atoms with Crippen LogP contribution in [-0.2, 0) is 0 Å². The zero-order valence-corrected chi connectivity index (χ0v) is 11.9. The van der Waals surface area contributed by atoms with E-state index in [1.165, 1.54) is 0 Å². The van der Waals surface area contributed by atoms with Gasteiger partial charge in [-0.1, -0.05) is 12.1 Å². The molecule has 108 valence electrons. The lowest BCUT2D eigenvalue weighted by molar-refractivity contribution is 0.0919. The number of rotatable bonds is 5. The van der Waals surface area contributed by atoms with E-state index in [9.17, 15) is 9.90 Å².